The van der Waals surface area contributed by atoms with Gasteiger partial charge in [0, 0.05) is 49.8 Å². The first-order valence-electron chi connectivity index (χ1n) is 9.41. The lowest BCUT2D eigenvalue weighted by molar-refractivity contribution is -0.128. The van der Waals surface area contributed by atoms with Crippen LogP contribution in [0.25, 0.3) is 0 Å². The van der Waals surface area contributed by atoms with Crippen LogP contribution in [-0.4, -0.2) is 40.4 Å². The van der Waals surface area contributed by atoms with Crippen LogP contribution in [0.1, 0.15) is 30.5 Å². The van der Waals surface area contributed by atoms with Gasteiger partial charge < -0.3 is 15.5 Å². The second-order valence-electron chi connectivity index (χ2n) is 7.89. The van der Waals surface area contributed by atoms with Gasteiger partial charge >= 0.3 is 0 Å². The summed E-state index contributed by atoms with van der Waals surface area (Å²) in [6.45, 7) is 4.43. The Morgan fingerprint density at radius 2 is 1.89 bits per heavy atom. The van der Waals surface area contributed by atoms with Crippen molar-refractivity contribution in [3.63, 3.8) is 0 Å². The number of carbonyl (C=O) groups is 1. The molecule has 2 aliphatic heterocycles. The van der Waals surface area contributed by atoms with Gasteiger partial charge in [-0.15, -0.1) is 0 Å². The molecular formula is C20H23F2N5O. The highest BCUT2D eigenvalue weighted by Crippen LogP contribution is 2.42. The third kappa shape index (κ3) is 3.63. The number of aromatic nitrogens is 2. The van der Waals surface area contributed by atoms with E-state index in [0.29, 0.717) is 25.1 Å². The largest absolute Gasteiger partial charge is 0.368 e. The maximum absolute atomic E-state index is 13.5. The van der Waals surface area contributed by atoms with E-state index in [0.717, 1.165) is 49.6 Å². The molecule has 1 amide bonds. The number of amides is 1. The summed E-state index contributed by atoms with van der Waals surface area (Å²) in [5.41, 5.74) is 7.13. The van der Waals surface area contributed by atoms with E-state index in [2.05, 4.69) is 14.9 Å². The Bertz CT molecular complexity index is 891. The molecule has 0 unspecified atom stereocenters. The number of anilines is 2. The maximum Gasteiger partial charge on any atom is 0.223 e. The standard InChI is InChI=1S/C20H23F2N5O/c1-13-8-17(25-19(23)24-13)26-6-4-20(5-7-26)10-18(28)27(12-20)11-14-2-3-15(21)16(22)9-14/h2-3,8-9H,4-7,10-12H2,1H3,(H2,23,24,25). The van der Waals surface area contributed by atoms with Gasteiger partial charge in [-0.25, -0.2) is 13.8 Å². The van der Waals surface area contributed by atoms with Crippen molar-refractivity contribution in [1.82, 2.24) is 14.9 Å². The van der Waals surface area contributed by atoms with Crippen molar-refractivity contribution in [2.75, 3.05) is 30.3 Å². The lowest BCUT2D eigenvalue weighted by atomic mass is 9.77. The van der Waals surface area contributed by atoms with Gasteiger partial charge in [0.2, 0.25) is 11.9 Å². The topological polar surface area (TPSA) is 75.4 Å². The molecule has 1 aromatic carbocycles. The number of rotatable bonds is 3. The number of nitrogens with two attached hydrogens (primary N) is 1. The van der Waals surface area contributed by atoms with Crippen LogP contribution in [0.15, 0.2) is 24.3 Å². The second-order valence-corrected chi connectivity index (χ2v) is 7.89. The van der Waals surface area contributed by atoms with E-state index in [1.807, 2.05) is 13.0 Å². The number of benzene rings is 1. The van der Waals surface area contributed by atoms with E-state index >= 15 is 0 Å². The van der Waals surface area contributed by atoms with Crippen molar-refractivity contribution in [3.8, 4) is 0 Å². The molecule has 0 saturated carbocycles. The number of halogens is 2. The summed E-state index contributed by atoms with van der Waals surface area (Å²) in [5, 5.41) is 0. The Labute approximate surface area is 162 Å². The lowest BCUT2D eigenvalue weighted by Gasteiger charge is -2.39. The summed E-state index contributed by atoms with van der Waals surface area (Å²) in [7, 11) is 0. The van der Waals surface area contributed by atoms with Crippen LogP contribution in [0.4, 0.5) is 20.5 Å². The maximum atomic E-state index is 13.5. The Kier molecular flexibility index (Phi) is 4.64. The van der Waals surface area contributed by atoms with Gasteiger partial charge in [-0.1, -0.05) is 6.07 Å². The molecule has 28 heavy (non-hydrogen) atoms. The summed E-state index contributed by atoms with van der Waals surface area (Å²) in [4.78, 5) is 24.9. The molecular weight excluding hydrogens is 364 g/mol. The van der Waals surface area contributed by atoms with Crippen molar-refractivity contribution in [2.45, 2.75) is 32.7 Å². The fraction of sp³-hybridized carbons (Fsp3) is 0.450. The van der Waals surface area contributed by atoms with Gasteiger partial charge in [0.1, 0.15) is 5.82 Å². The molecule has 2 fully saturated rings. The fourth-order valence-electron chi connectivity index (χ4n) is 4.27. The van der Waals surface area contributed by atoms with E-state index in [4.69, 9.17) is 5.73 Å². The van der Waals surface area contributed by atoms with Crippen LogP contribution < -0.4 is 10.6 Å². The molecule has 3 heterocycles. The molecule has 6 nitrogen and oxygen atoms in total. The minimum absolute atomic E-state index is 0.0697. The van der Waals surface area contributed by atoms with Gasteiger partial charge in [-0.2, -0.15) is 4.98 Å². The molecule has 2 saturated heterocycles. The molecule has 0 radical (unpaired) electrons. The average Bonchev–Trinajstić information content (AvgIpc) is 2.93. The van der Waals surface area contributed by atoms with E-state index in [1.54, 1.807) is 4.90 Å². The van der Waals surface area contributed by atoms with Gasteiger partial charge in [0.15, 0.2) is 11.6 Å². The zero-order chi connectivity index (χ0) is 19.9. The summed E-state index contributed by atoms with van der Waals surface area (Å²) < 4.78 is 26.6. The third-order valence-electron chi connectivity index (χ3n) is 5.77. The van der Waals surface area contributed by atoms with E-state index in [9.17, 15) is 13.6 Å². The van der Waals surface area contributed by atoms with Crippen molar-refractivity contribution in [2.24, 2.45) is 5.41 Å². The number of hydrogen-bond donors (Lipinski definition) is 1. The SMILES string of the molecule is Cc1cc(N2CCC3(CC2)CC(=O)N(Cc2ccc(F)c(F)c2)C3)nc(N)n1. The first kappa shape index (κ1) is 18.6. The zero-order valence-electron chi connectivity index (χ0n) is 15.8. The van der Waals surface area contributed by atoms with Crippen molar-refractivity contribution in [3.05, 3.63) is 47.2 Å². The molecule has 148 valence electrons. The van der Waals surface area contributed by atoms with Crippen molar-refractivity contribution >= 4 is 17.7 Å². The zero-order valence-corrected chi connectivity index (χ0v) is 15.8. The van der Waals surface area contributed by atoms with Crippen LogP contribution >= 0.6 is 0 Å². The van der Waals surface area contributed by atoms with Crippen molar-refractivity contribution < 1.29 is 13.6 Å². The van der Waals surface area contributed by atoms with Gasteiger partial charge in [0.25, 0.3) is 0 Å². The molecule has 2 aromatic rings. The van der Waals surface area contributed by atoms with Crippen molar-refractivity contribution in [1.29, 1.82) is 0 Å². The first-order chi connectivity index (χ1) is 13.3. The molecule has 1 aromatic heterocycles. The molecule has 8 heteroatoms. The number of piperidine rings is 1. The molecule has 0 atom stereocenters. The predicted octanol–water partition coefficient (Wildman–Crippen LogP) is 2.66. The van der Waals surface area contributed by atoms with Gasteiger partial charge in [0.05, 0.1) is 0 Å². The molecule has 0 bridgehead atoms. The second kappa shape index (κ2) is 7.00. The normalized spacial score (nSPS) is 18.9. The molecule has 0 aliphatic carbocycles. The highest BCUT2D eigenvalue weighted by molar-refractivity contribution is 5.79. The smallest absolute Gasteiger partial charge is 0.223 e. The summed E-state index contributed by atoms with van der Waals surface area (Å²) >= 11 is 0. The highest BCUT2D eigenvalue weighted by Gasteiger charge is 2.45. The number of aryl methyl sites for hydroxylation is 1. The van der Waals surface area contributed by atoms with Crippen LogP contribution in [0.2, 0.25) is 0 Å². The monoisotopic (exact) mass is 387 g/mol. The highest BCUT2D eigenvalue weighted by atomic mass is 19.2. The Balaban J connectivity index is 1.41. The fourth-order valence-corrected chi connectivity index (χ4v) is 4.27. The predicted molar refractivity (Wildman–Crippen MR) is 101 cm³/mol. The van der Waals surface area contributed by atoms with E-state index < -0.39 is 11.6 Å². The quantitative estimate of drug-likeness (QED) is 0.876. The summed E-state index contributed by atoms with van der Waals surface area (Å²) in [6.07, 6.45) is 2.24. The number of hydrogen-bond acceptors (Lipinski definition) is 5. The summed E-state index contributed by atoms with van der Waals surface area (Å²) in [6, 6.07) is 5.72. The molecule has 2 aliphatic rings. The third-order valence-corrected chi connectivity index (χ3v) is 5.77. The lowest BCUT2D eigenvalue weighted by Crippen LogP contribution is -2.42. The minimum atomic E-state index is -0.883. The Morgan fingerprint density at radius 1 is 1.14 bits per heavy atom. The molecule has 4 rings (SSSR count). The molecule has 2 N–H and O–H groups in total. The first-order valence-corrected chi connectivity index (χ1v) is 9.41. The number of nitrogens with zero attached hydrogens (tertiary/aromatic N) is 4. The average molecular weight is 387 g/mol. The van der Waals surface area contributed by atoms with E-state index in [-0.39, 0.29) is 17.3 Å². The van der Waals surface area contributed by atoms with Crippen LogP contribution in [0.5, 0.6) is 0 Å². The Hall–Kier alpha value is -2.77. The van der Waals surface area contributed by atoms with Gasteiger partial charge in [-0.05, 0) is 37.5 Å². The number of carbonyl (C=O) groups excluding carboxylic acids is 1. The van der Waals surface area contributed by atoms with Crippen LogP contribution in [0.3, 0.4) is 0 Å². The number of likely N-dealkylation sites (tertiary alicyclic amines) is 1. The summed E-state index contributed by atoms with van der Waals surface area (Å²) in [5.74, 6) is -0.598. The van der Waals surface area contributed by atoms with E-state index in [1.165, 1.54) is 6.07 Å². The Morgan fingerprint density at radius 3 is 2.57 bits per heavy atom. The minimum Gasteiger partial charge on any atom is -0.368 e. The number of nitrogen functional groups attached to an aromatic ring is 1. The molecule has 1 spiro atoms. The van der Waals surface area contributed by atoms with Crippen LogP contribution in [-0.2, 0) is 11.3 Å². The van der Waals surface area contributed by atoms with Gasteiger partial charge in [-0.3, -0.25) is 4.79 Å². The van der Waals surface area contributed by atoms with Crippen LogP contribution in [0, 0.1) is 24.0 Å².